The summed E-state index contributed by atoms with van der Waals surface area (Å²) in [4.78, 5) is 10.9. The van der Waals surface area contributed by atoms with Crippen LogP contribution in [0.5, 0.6) is 0 Å². The maximum absolute atomic E-state index is 13.6. The first-order valence-electron chi connectivity index (χ1n) is 5.49. The second kappa shape index (κ2) is 4.57. The van der Waals surface area contributed by atoms with E-state index in [0.29, 0.717) is 12.2 Å². The summed E-state index contributed by atoms with van der Waals surface area (Å²) in [5, 5.41) is 2.98. The van der Waals surface area contributed by atoms with E-state index in [2.05, 4.69) is 5.32 Å². The van der Waals surface area contributed by atoms with E-state index in [1.165, 1.54) is 13.0 Å². The fourth-order valence-corrected chi connectivity index (χ4v) is 2.01. The number of halogens is 1. The molecule has 0 aliphatic carbocycles. The highest BCUT2D eigenvalue weighted by atomic mass is 19.1. The number of para-hydroxylation sites is 1. The minimum Gasteiger partial charge on any atom is -0.458 e. The van der Waals surface area contributed by atoms with Gasteiger partial charge in [-0.05, 0) is 18.6 Å². The lowest BCUT2D eigenvalue weighted by molar-refractivity contribution is -0.143. The molecule has 0 radical (unpaired) electrons. The highest BCUT2D eigenvalue weighted by Crippen LogP contribution is 2.32. The summed E-state index contributed by atoms with van der Waals surface area (Å²) in [6.07, 6.45) is 1.55. The van der Waals surface area contributed by atoms with Gasteiger partial charge < -0.3 is 10.1 Å². The first-order valence-corrected chi connectivity index (χ1v) is 5.49. The second-order valence-electron chi connectivity index (χ2n) is 3.95. The molecule has 4 heteroatoms. The van der Waals surface area contributed by atoms with Crippen LogP contribution in [0.25, 0.3) is 5.57 Å². The average molecular weight is 235 g/mol. The third-order valence-electron chi connectivity index (χ3n) is 2.71. The number of anilines is 1. The normalized spacial score (nSPS) is 15.4. The molecule has 2 rings (SSSR count). The molecule has 0 amide bonds. The van der Waals surface area contributed by atoms with Crippen LogP contribution in [0.15, 0.2) is 24.3 Å². The number of esters is 1. The van der Waals surface area contributed by atoms with Gasteiger partial charge in [-0.1, -0.05) is 18.2 Å². The fourth-order valence-electron chi connectivity index (χ4n) is 2.01. The zero-order valence-corrected chi connectivity index (χ0v) is 9.79. The highest BCUT2D eigenvalue weighted by molar-refractivity contribution is 5.82. The molecule has 1 N–H and O–H groups in total. The first kappa shape index (κ1) is 11.6. The Kier molecular flexibility index (Phi) is 3.13. The minimum absolute atomic E-state index is 0.289. The van der Waals surface area contributed by atoms with E-state index < -0.39 is 0 Å². The predicted molar refractivity (Wildman–Crippen MR) is 64.1 cm³/mol. The van der Waals surface area contributed by atoms with Crippen LogP contribution in [0.1, 0.15) is 19.4 Å². The number of rotatable bonds is 2. The number of carbonyl (C=O) groups excluding carboxylic acids is 1. The number of nitrogens with one attached hydrogen (secondary N) is 1. The first-order chi connectivity index (χ1) is 8.09. The Morgan fingerprint density at radius 2 is 2.29 bits per heavy atom. The maximum Gasteiger partial charge on any atom is 0.303 e. The molecule has 17 heavy (non-hydrogen) atoms. The quantitative estimate of drug-likeness (QED) is 0.801. The van der Waals surface area contributed by atoms with E-state index in [1.54, 1.807) is 13.0 Å². The topological polar surface area (TPSA) is 38.3 Å². The highest BCUT2D eigenvalue weighted by Gasteiger charge is 2.21. The van der Waals surface area contributed by atoms with Crippen LogP contribution in [-0.2, 0) is 9.53 Å². The number of carbonyl (C=O) groups is 1. The van der Waals surface area contributed by atoms with Crippen molar-refractivity contribution >= 4 is 17.2 Å². The van der Waals surface area contributed by atoms with Gasteiger partial charge in [0, 0.05) is 19.0 Å². The van der Waals surface area contributed by atoms with Crippen molar-refractivity contribution in [3.8, 4) is 0 Å². The summed E-state index contributed by atoms with van der Waals surface area (Å²) in [6.45, 7) is 3.69. The molecule has 1 heterocycles. The molecule has 1 aliphatic heterocycles. The summed E-state index contributed by atoms with van der Waals surface area (Å²) in [5.41, 5.74) is 2.07. The van der Waals surface area contributed by atoms with Crippen LogP contribution < -0.4 is 5.32 Å². The van der Waals surface area contributed by atoms with Crippen molar-refractivity contribution in [2.24, 2.45) is 0 Å². The molecule has 1 aromatic carbocycles. The van der Waals surface area contributed by atoms with Crippen molar-refractivity contribution in [2.45, 2.75) is 20.0 Å². The van der Waals surface area contributed by atoms with E-state index in [0.717, 1.165) is 11.1 Å². The molecule has 90 valence electrons. The van der Waals surface area contributed by atoms with Crippen LogP contribution in [-0.4, -0.2) is 18.6 Å². The maximum atomic E-state index is 13.6. The minimum atomic E-state index is -0.366. The van der Waals surface area contributed by atoms with Crippen molar-refractivity contribution in [3.63, 3.8) is 0 Å². The Labute approximate surface area is 99.3 Å². The van der Waals surface area contributed by atoms with Crippen molar-refractivity contribution in [1.82, 2.24) is 0 Å². The van der Waals surface area contributed by atoms with Gasteiger partial charge in [0.2, 0.25) is 0 Å². The van der Waals surface area contributed by atoms with E-state index in [-0.39, 0.29) is 17.9 Å². The third-order valence-corrected chi connectivity index (χ3v) is 2.71. The van der Waals surface area contributed by atoms with Crippen molar-refractivity contribution in [2.75, 3.05) is 11.9 Å². The molecule has 0 aromatic heterocycles. The second-order valence-corrected chi connectivity index (χ2v) is 3.95. The van der Waals surface area contributed by atoms with E-state index >= 15 is 0 Å². The van der Waals surface area contributed by atoms with Crippen molar-refractivity contribution in [1.29, 1.82) is 0 Å². The number of fused-ring (bicyclic) bond motifs is 1. The lowest BCUT2D eigenvalue weighted by atomic mass is 9.96. The Morgan fingerprint density at radius 1 is 1.53 bits per heavy atom. The fraction of sp³-hybridized carbons (Fsp3) is 0.308. The summed E-state index contributed by atoms with van der Waals surface area (Å²) in [6, 6.07) is 4.87. The molecule has 0 fully saturated rings. The molecule has 1 atom stereocenters. The molecule has 1 unspecified atom stereocenters. The Hall–Kier alpha value is -1.84. The van der Waals surface area contributed by atoms with Crippen LogP contribution >= 0.6 is 0 Å². The van der Waals surface area contributed by atoms with Gasteiger partial charge in [0.1, 0.15) is 11.9 Å². The van der Waals surface area contributed by atoms with Crippen molar-refractivity contribution < 1.29 is 13.9 Å². The number of hydrogen-bond donors (Lipinski definition) is 1. The molecule has 0 saturated heterocycles. The Morgan fingerprint density at radius 3 is 3.00 bits per heavy atom. The van der Waals surface area contributed by atoms with Gasteiger partial charge in [0.25, 0.3) is 0 Å². The molecule has 1 aromatic rings. The summed E-state index contributed by atoms with van der Waals surface area (Å²) < 4.78 is 18.7. The number of hydrogen-bond acceptors (Lipinski definition) is 3. The van der Waals surface area contributed by atoms with Gasteiger partial charge in [-0.25, -0.2) is 4.39 Å². The standard InChI is InChI=1S/C13H14FNO2/c1-8(17-9(2)16)10-6-7-15-13-11(10)4-3-5-12(13)14/h3-6,8,15H,7H2,1-2H3. The van der Waals surface area contributed by atoms with Gasteiger partial charge in [-0.15, -0.1) is 0 Å². The molecule has 0 spiro atoms. The molecule has 3 nitrogen and oxygen atoms in total. The van der Waals surface area contributed by atoms with Gasteiger partial charge >= 0.3 is 5.97 Å². The monoisotopic (exact) mass is 235 g/mol. The van der Waals surface area contributed by atoms with E-state index in [1.807, 2.05) is 12.1 Å². The molecular formula is C13H14FNO2. The summed E-state index contributed by atoms with van der Waals surface area (Å²) in [7, 11) is 0. The molecule has 0 saturated carbocycles. The number of benzene rings is 1. The SMILES string of the molecule is CC(=O)OC(C)C1=CCNc2c(F)cccc21. The molecule has 0 bridgehead atoms. The van der Waals surface area contributed by atoms with Crippen molar-refractivity contribution in [3.05, 3.63) is 35.7 Å². The Balaban J connectivity index is 2.35. The van der Waals surface area contributed by atoms with Gasteiger partial charge in [-0.3, -0.25) is 4.79 Å². The number of ether oxygens (including phenoxy) is 1. The van der Waals surface area contributed by atoms with Gasteiger partial charge in [0.15, 0.2) is 0 Å². The summed E-state index contributed by atoms with van der Waals surface area (Å²) >= 11 is 0. The van der Waals surface area contributed by atoms with E-state index in [4.69, 9.17) is 4.74 Å². The smallest absolute Gasteiger partial charge is 0.303 e. The largest absolute Gasteiger partial charge is 0.458 e. The summed E-state index contributed by atoms with van der Waals surface area (Å²) in [5.74, 6) is -0.627. The average Bonchev–Trinajstić information content (AvgIpc) is 2.28. The van der Waals surface area contributed by atoms with E-state index in [9.17, 15) is 9.18 Å². The Bertz CT molecular complexity index is 482. The van der Waals surface area contributed by atoms with Crippen LogP contribution in [0.2, 0.25) is 0 Å². The zero-order chi connectivity index (χ0) is 12.4. The predicted octanol–water partition coefficient (Wildman–Crippen LogP) is 2.59. The van der Waals surface area contributed by atoms with Crippen LogP contribution in [0.4, 0.5) is 10.1 Å². The van der Waals surface area contributed by atoms with Gasteiger partial charge in [-0.2, -0.15) is 0 Å². The lowest BCUT2D eigenvalue weighted by Gasteiger charge is -2.23. The lowest BCUT2D eigenvalue weighted by Crippen LogP contribution is -2.19. The van der Waals surface area contributed by atoms with Crippen LogP contribution in [0.3, 0.4) is 0 Å². The third kappa shape index (κ3) is 2.30. The van der Waals surface area contributed by atoms with Gasteiger partial charge in [0.05, 0.1) is 5.69 Å². The van der Waals surface area contributed by atoms with Crippen LogP contribution in [0, 0.1) is 5.82 Å². The zero-order valence-electron chi connectivity index (χ0n) is 9.79. The molecule has 1 aliphatic rings. The molecular weight excluding hydrogens is 221 g/mol.